The fourth-order valence-corrected chi connectivity index (χ4v) is 2.62. The van der Waals surface area contributed by atoms with E-state index in [0.717, 1.165) is 25.9 Å². The number of aryl methyl sites for hydroxylation is 1. The Hall–Kier alpha value is -2.05. The molecule has 1 amide bonds. The van der Waals surface area contributed by atoms with E-state index in [9.17, 15) is 9.59 Å². The van der Waals surface area contributed by atoms with Crippen molar-refractivity contribution < 1.29 is 14.3 Å². The Labute approximate surface area is 124 Å². The molecule has 7 heteroatoms. The minimum atomic E-state index is -0.559. The Morgan fingerprint density at radius 1 is 1.29 bits per heavy atom. The van der Waals surface area contributed by atoms with E-state index in [2.05, 4.69) is 9.72 Å². The summed E-state index contributed by atoms with van der Waals surface area (Å²) >= 11 is 0. The third kappa shape index (κ3) is 3.34. The molecule has 2 heterocycles. The highest BCUT2D eigenvalue weighted by molar-refractivity contribution is 5.92. The standard InChI is InChI=1S/C14H22N4O3/c1-10-16-12(14(20)21-2)13(15)18(10)9-6-11(19)17-7-4-3-5-8-17/h3-9,15H2,1-2H3. The summed E-state index contributed by atoms with van der Waals surface area (Å²) < 4.78 is 6.32. The summed E-state index contributed by atoms with van der Waals surface area (Å²) in [5.74, 6) is 0.434. The van der Waals surface area contributed by atoms with Gasteiger partial charge in [0.2, 0.25) is 5.91 Å². The summed E-state index contributed by atoms with van der Waals surface area (Å²) in [5.41, 5.74) is 6.03. The van der Waals surface area contributed by atoms with Gasteiger partial charge in [0.25, 0.3) is 0 Å². The zero-order chi connectivity index (χ0) is 15.4. The minimum absolute atomic E-state index is 0.112. The second-order valence-corrected chi connectivity index (χ2v) is 5.23. The number of rotatable bonds is 4. The zero-order valence-corrected chi connectivity index (χ0v) is 12.6. The lowest BCUT2D eigenvalue weighted by atomic mass is 10.1. The SMILES string of the molecule is COC(=O)c1nc(C)n(CCC(=O)N2CCCCC2)c1N. The van der Waals surface area contributed by atoms with Gasteiger partial charge in [-0.25, -0.2) is 9.78 Å². The first-order valence-corrected chi connectivity index (χ1v) is 7.23. The number of anilines is 1. The van der Waals surface area contributed by atoms with Gasteiger partial charge >= 0.3 is 5.97 Å². The fraction of sp³-hybridized carbons (Fsp3) is 0.643. The molecular weight excluding hydrogens is 272 g/mol. The molecule has 1 aromatic rings. The van der Waals surface area contributed by atoms with Crippen molar-refractivity contribution in [1.29, 1.82) is 0 Å². The van der Waals surface area contributed by atoms with Crippen LogP contribution >= 0.6 is 0 Å². The van der Waals surface area contributed by atoms with Crippen LogP contribution in [-0.4, -0.2) is 46.5 Å². The number of nitrogens with two attached hydrogens (primary N) is 1. The quantitative estimate of drug-likeness (QED) is 0.835. The molecule has 0 unspecified atom stereocenters. The molecule has 2 rings (SSSR count). The van der Waals surface area contributed by atoms with Crippen LogP contribution < -0.4 is 5.73 Å². The van der Waals surface area contributed by atoms with E-state index in [1.54, 1.807) is 11.5 Å². The van der Waals surface area contributed by atoms with Gasteiger partial charge < -0.3 is 19.9 Å². The molecule has 0 saturated carbocycles. The normalized spacial score (nSPS) is 15.0. The van der Waals surface area contributed by atoms with Gasteiger partial charge in [-0.3, -0.25) is 4.79 Å². The number of hydrogen-bond acceptors (Lipinski definition) is 5. The summed E-state index contributed by atoms with van der Waals surface area (Å²) in [6.45, 7) is 3.86. The highest BCUT2D eigenvalue weighted by Crippen LogP contribution is 2.17. The number of amides is 1. The van der Waals surface area contributed by atoms with Crippen LogP contribution in [0.15, 0.2) is 0 Å². The van der Waals surface area contributed by atoms with E-state index in [0.29, 0.717) is 18.8 Å². The summed E-state index contributed by atoms with van der Waals surface area (Å²) in [4.78, 5) is 29.7. The molecule has 0 bridgehead atoms. The van der Waals surface area contributed by atoms with E-state index in [1.165, 1.54) is 13.5 Å². The van der Waals surface area contributed by atoms with Crippen molar-refractivity contribution in [2.24, 2.45) is 0 Å². The lowest BCUT2D eigenvalue weighted by molar-refractivity contribution is -0.132. The van der Waals surface area contributed by atoms with Crippen molar-refractivity contribution in [1.82, 2.24) is 14.5 Å². The summed E-state index contributed by atoms with van der Waals surface area (Å²) in [6.07, 6.45) is 3.71. The molecule has 116 valence electrons. The molecule has 7 nitrogen and oxygen atoms in total. The Bertz CT molecular complexity index is 533. The Balaban J connectivity index is 2.01. The van der Waals surface area contributed by atoms with Crippen LogP contribution in [0.4, 0.5) is 5.82 Å². The Morgan fingerprint density at radius 2 is 1.95 bits per heavy atom. The van der Waals surface area contributed by atoms with Crippen LogP contribution in [0.5, 0.6) is 0 Å². The Morgan fingerprint density at radius 3 is 2.57 bits per heavy atom. The second kappa shape index (κ2) is 6.60. The zero-order valence-electron chi connectivity index (χ0n) is 12.6. The monoisotopic (exact) mass is 294 g/mol. The van der Waals surface area contributed by atoms with Crippen molar-refractivity contribution in [2.75, 3.05) is 25.9 Å². The highest BCUT2D eigenvalue weighted by atomic mass is 16.5. The largest absolute Gasteiger partial charge is 0.464 e. The Kier molecular flexibility index (Phi) is 4.82. The van der Waals surface area contributed by atoms with Crippen LogP contribution in [0.2, 0.25) is 0 Å². The number of carbonyl (C=O) groups is 2. The average Bonchev–Trinajstić information content (AvgIpc) is 2.79. The van der Waals surface area contributed by atoms with Crippen molar-refractivity contribution in [3.63, 3.8) is 0 Å². The van der Waals surface area contributed by atoms with Crippen LogP contribution in [-0.2, 0) is 16.1 Å². The summed E-state index contributed by atoms with van der Waals surface area (Å²) in [5, 5.41) is 0. The van der Waals surface area contributed by atoms with Gasteiger partial charge in [-0.15, -0.1) is 0 Å². The predicted molar refractivity (Wildman–Crippen MR) is 77.8 cm³/mol. The van der Waals surface area contributed by atoms with Gasteiger partial charge in [0.15, 0.2) is 5.69 Å². The highest BCUT2D eigenvalue weighted by Gasteiger charge is 2.21. The number of likely N-dealkylation sites (tertiary alicyclic amines) is 1. The first kappa shape index (κ1) is 15.3. The fourth-order valence-electron chi connectivity index (χ4n) is 2.62. The number of ether oxygens (including phenoxy) is 1. The maximum absolute atomic E-state index is 12.2. The van der Waals surface area contributed by atoms with Crippen LogP contribution in [0.1, 0.15) is 42.0 Å². The van der Waals surface area contributed by atoms with Gasteiger partial charge in [0.05, 0.1) is 7.11 Å². The maximum atomic E-state index is 12.2. The molecule has 1 aromatic heterocycles. The van der Waals surface area contributed by atoms with Crippen molar-refractivity contribution in [3.05, 3.63) is 11.5 Å². The molecule has 1 aliphatic rings. The third-order valence-electron chi connectivity index (χ3n) is 3.83. The smallest absolute Gasteiger partial charge is 0.360 e. The number of hydrogen-bond donors (Lipinski definition) is 1. The number of piperidine rings is 1. The van der Waals surface area contributed by atoms with Gasteiger partial charge in [-0.05, 0) is 26.2 Å². The van der Waals surface area contributed by atoms with E-state index in [1.807, 2.05) is 4.90 Å². The maximum Gasteiger partial charge on any atom is 0.360 e. The average molecular weight is 294 g/mol. The number of esters is 1. The topological polar surface area (TPSA) is 90.4 Å². The molecule has 1 aliphatic heterocycles. The van der Waals surface area contributed by atoms with Gasteiger partial charge in [0, 0.05) is 26.1 Å². The summed E-state index contributed by atoms with van der Waals surface area (Å²) in [7, 11) is 1.29. The van der Waals surface area contributed by atoms with Crippen molar-refractivity contribution >= 4 is 17.7 Å². The van der Waals surface area contributed by atoms with Gasteiger partial charge in [-0.2, -0.15) is 0 Å². The lowest BCUT2D eigenvalue weighted by Gasteiger charge is -2.26. The number of carbonyl (C=O) groups excluding carboxylic acids is 2. The number of imidazole rings is 1. The molecular formula is C14H22N4O3. The van der Waals surface area contributed by atoms with Crippen LogP contribution in [0.3, 0.4) is 0 Å². The molecule has 1 saturated heterocycles. The number of methoxy groups -OCH3 is 1. The predicted octanol–water partition coefficient (Wildman–Crippen LogP) is 0.963. The van der Waals surface area contributed by atoms with E-state index in [-0.39, 0.29) is 17.4 Å². The van der Waals surface area contributed by atoms with E-state index in [4.69, 9.17) is 5.73 Å². The number of aromatic nitrogens is 2. The molecule has 1 fully saturated rings. The number of nitrogen functional groups attached to an aromatic ring is 1. The molecule has 0 aliphatic carbocycles. The molecule has 21 heavy (non-hydrogen) atoms. The second-order valence-electron chi connectivity index (χ2n) is 5.23. The first-order chi connectivity index (χ1) is 10.0. The molecule has 0 aromatic carbocycles. The van der Waals surface area contributed by atoms with Crippen molar-refractivity contribution in [3.8, 4) is 0 Å². The number of nitrogens with zero attached hydrogens (tertiary/aromatic N) is 3. The first-order valence-electron chi connectivity index (χ1n) is 7.23. The van der Waals surface area contributed by atoms with Gasteiger partial charge in [-0.1, -0.05) is 0 Å². The minimum Gasteiger partial charge on any atom is -0.464 e. The van der Waals surface area contributed by atoms with Crippen molar-refractivity contribution in [2.45, 2.75) is 39.2 Å². The van der Waals surface area contributed by atoms with Crippen LogP contribution in [0, 0.1) is 6.92 Å². The van der Waals surface area contributed by atoms with E-state index >= 15 is 0 Å². The molecule has 0 spiro atoms. The third-order valence-corrected chi connectivity index (χ3v) is 3.83. The molecule has 0 atom stereocenters. The van der Waals surface area contributed by atoms with E-state index < -0.39 is 5.97 Å². The molecule has 2 N–H and O–H groups in total. The summed E-state index contributed by atoms with van der Waals surface area (Å²) in [6, 6.07) is 0. The van der Waals surface area contributed by atoms with Crippen LogP contribution in [0.25, 0.3) is 0 Å². The molecule has 0 radical (unpaired) electrons. The lowest BCUT2D eigenvalue weighted by Crippen LogP contribution is -2.36. The van der Waals surface area contributed by atoms with Gasteiger partial charge in [0.1, 0.15) is 11.6 Å².